The first-order chi connectivity index (χ1) is 9.38. The van der Waals surface area contributed by atoms with Crippen LogP contribution in [0.2, 0.25) is 0 Å². The predicted octanol–water partition coefficient (Wildman–Crippen LogP) is 4.86. The Balaban J connectivity index is 1.95. The number of rotatable bonds is 5. The van der Waals surface area contributed by atoms with Crippen molar-refractivity contribution in [3.05, 3.63) is 57.6 Å². The second kappa shape index (κ2) is 5.87. The standard InChI is InChI=1S/C16H17NS2/c1-2-17-15(10-12-6-5-9-18-12)14-11-19-16-8-4-3-7-13(14)16/h3-9,11,15,17H,2,10H2,1H3. The van der Waals surface area contributed by atoms with Gasteiger partial charge in [0, 0.05) is 22.0 Å². The van der Waals surface area contributed by atoms with Crippen LogP contribution in [-0.2, 0) is 6.42 Å². The van der Waals surface area contributed by atoms with Crippen molar-refractivity contribution in [3.63, 3.8) is 0 Å². The Bertz CT molecular complexity index is 640. The molecule has 0 saturated heterocycles. The van der Waals surface area contributed by atoms with Crippen molar-refractivity contribution in [2.45, 2.75) is 19.4 Å². The molecule has 0 saturated carbocycles. The van der Waals surface area contributed by atoms with E-state index < -0.39 is 0 Å². The number of benzene rings is 1. The summed E-state index contributed by atoms with van der Waals surface area (Å²) in [5.74, 6) is 0. The Morgan fingerprint density at radius 2 is 2.00 bits per heavy atom. The molecule has 1 aromatic carbocycles. The number of hydrogen-bond acceptors (Lipinski definition) is 3. The van der Waals surface area contributed by atoms with Crippen LogP contribution in [0, 0.1) is 0 Å². The van der Waals surface area contributed by atoms with Crippen molar-refractivity contribution in [1.29, 1.82) is 0 Å². The third-order valence-electron chi connectivity index (χ3n) is 3.32. The molecule has 0 bridgehead atoms. The monoisotopic (exact) mass is 287 g/mol. The van der Waals surface area contributed by atoms with Gasteiger partial charge in [0.25, 0.3) is 0 Å². The molecule has 98 valence electrons. The largest absolute Gasteiger partial charge is 0.310 e. The van der Waals surface area contributed by atoms with E-state index in [0.29, 0.717) is 6.04 Å². The molecule has 0 fully saturated rings. The molecule has 1 unspecified atom stereocenters. The number of nitrogens with one attached hydrogen (secondary N) is 1. The highest BCUT2D eigenvalue weighted by atomic mass is 32.1. The molecule has 3 rings (SSSR count). The van der Waals surface area contributed by atoms with Crippen LogP contribution in [0.4, 0.5) is 0 Å². The lowest BCUT2D eigenvalue weighted by Crippen LogP contribution is -2.22. The normalized spacial score (nSPS) is 12.9. The van der Waals surface area contributed by atoms with Gasteiger partial charge in [0.1, 0.15) is 0 Å². The molecule has 19 heavy (non-hydrogen) atoms. The quantitative estimate of drug-likeness (QED) is 0.707. The maximum absolute atomic E-state index is 3.63. The molecule has 0 radical (unpaired) electrons. The van der Waals surface area contributed by atoms with E-state index in [2.05, 4.69) is 59.4 Å². The Morgan fingerprint density at radius 1 is 1.11 bits per heavy atom. The van der Waals surface area contributed by atoms with Crippen molar-refractivity contribution in [3.8, 4) is 0 Å². The number of hydrogen-bond donors (Lipinski definition) is 1. The summed E-state index contributed by atoms with van der Waals surface area (Å²) < 4.78 is 1.38. The average Bonchev–Trinajstić information content (AvgIpc) is 3.07. The molecule has 3 heteroatoms. The first kappa shape index (κ1) is 12.9. The fraction of sp³-hybridized carbons (Fsp3) is 0.250. The SMILES string of the molecule is CCNC(Cc1cccs1)c1csc2ccccc12. The highest BCUT2D eigenvalue weighted by Gasteiger charge is 2.15. The highest BCUT2D eigenvalue weighted by molar-refractivity contribution is 7.17. The molecule has 2 aromatic heterocycles. The molecular weight excluding hydrogens is 270 g/mol. The van der Waals surface area contributed by atoms with Gasteiger partial charge >= 0.3 is 0 Å². The topological polar surface area (TPSA) is 12.0 Å². The molecule has 0 amide bonds. The Kier molecular flexibility index (Phi) is 3.97. The third-order valence-corrected chi connectivity index (χ3v) is 5.20. The van der Waals surface area contributed by atoms with E-state index >= 15 is 0 Å². The zero-order valence-electron chi connectivity index (χ0n) is 10.9. The molecule has 0 aliphatic rings. The van der Waals surface area contributed by atoms with Crippen molar-refractivity contribution in [1.82, 2.24) is 5.32 Å². The summed E-state index contributed by atoms with van der Waals surface area (Å²) >= 11 is 3.69. The smallest absolute Gasteiger partial charge is 0.0383 e. The fourth-order valence-corrected chi connectivity index (χ4v) is 4.20. The summed E-state index contributed by atoms with van der Waals surface area (Å²) in [6.45, 7) is 3.18. The van der Waals surface area contributed by atoms with Crippen molar-refractivity contribution in [2.75, 3.05) is 6.54 Å². The van der Waals surface area contributed by atoms with Gasteiger partial charge in [-0.25, -0.2) is 0 Å². The molecule has 0 aliphatic carbocycles. The van der Waals surface area contributed by atoms with E-state index in [1.165, 1.54) is 20.5 Å². The first-order valence-electron chi connectivity index (χ1n) is 6.60. The molecule has 0 aliphatic heterocycles. The molecule has 1 atom stereocenters. The van der Waals surface area contributed by atoms with Crippen LogP contribution in [-0.4, -0.2) is 6.54 Å². The van der Waals surface area contributed by atoms with Crippen molar-refractivity contribution in [2.24, 2.45) is 0 Å². The van der Waals surface area contributed by atoms with E-state index in [-0.39, 0.29) is 0 Å². The van der Waals surface area contributed by atoms with Gasteiger partial charge in [-0.05, 0) is 40.4 Å². The maximum Gasteiger partial charge on any atom is 0.0383 e. The van der Waals surface area contributed by atoms with Gasteiger partial charge in [-0.1, -0.05) is 31.2 Å². The minimum Gasteiger partial charge on any atom is -0.310 e. The van der Waals surface area contributed by atoms with Crippen molar-refractivity contribution < 1.29 is 0 Å². The predicted molar refractivity (Wildman–Crippen MR) is 86.3 cm³/mol. The van der Waals surface area contributed by atoms with Crippen LogP contribution >= 0.6 is 22.7 Å². The molecule has 1 N–H and O–H groups in total. The molecular formula is C16H17NS2. The molecule has 3 aromatic rings. The molecule has 0 spiro atoms. The minimum absolute atomic E-state index is 0.416. The van der Waals surface area contributed by atoms with Crippen LogP contribution in [0.3, 0.4) is 0 Å². The minimum atomic E-state index is 0.416. The van der Waals surface area contributed by atoms with Gasteiger partial charge < -0.3 is 5.32 Å². The summed E-state index contributed by atoms with van der Waals surface area (Å²) in [6, 6.07) is 13.5. The second-order valence-corrected chi connectivity index (χ2v) is 6.52. The molecule has 1 nitrogen and oxygen atoms in total. The summed E-state index contributed by atoms with van der Waals surface area (Å²) in [7, 11) is 0. The zero-order valence-corrected chi connectivity index (χ0v) is 12.6. The third kappa shape index (κ3) is 2.73. The highest BCUT2D eigenvalue weighted by Crippen LogP contribution is 2.32. The van der Waals surface area contributed by atoms with E-state index in [9.17, 15) is 0 Å². The van der Waals surface area contributed by atoms with Crippen LogP contribution < -0.4 is 5.32 Å². The van der Waals surface area contributed by atoms with Gasteiger partial charge in [-0.3, -0.25) is 0 Å². The van der Waals surface area contributed by atoms with Crippen LogP contribution in [0.15, 0.2) is 47.2 Å². The maximum atomic E-state index is 3.63. The Morgan fingerprint density at radius 3 is 2.79 bits per heavy atom. The van der Waals surface area contributed by atoms with Crippen LogP contribution in [0.5, 0.6) is 0 Å². The lowest BCUT2D eigenvalue weighted by Gasteiger charge is -2.17. The zero-order chi connectivity index (χ0) is 13.1. The van der Waals surface area contributed by atoms with Gasteiger partial charge in [0.15, 0.2) is 0 Å². The number of likely N-dealkylation sites (N-methyl/N-ethyl adjacent to an activating group) is 1. The van der Waals surface area contributed by atoms with Gasteiger partial charge in [-0.15, -0.1) is 22.7 Å². The summed E-state index contributed by atoms with van der Waals surface area (Å²) in [5.41, 5.74) is 1.44. The fourth-order valence-electron chi connectivity index (χ4n) is 2.44. The lowest BCUT2D eigenvalue weighted by molar-refractivity contribution is 0.558. The van der Waals surface area contributed by atoms with Gasteiger partial charge in [0.05, 0.1) is 0 Å². The average molecular weight is 287 g/mol. The lowest BCUT2D eigenvalue weighted by atomic mass is 10.0. The first-order valence-corrected chi connectivity index (χ1v) is 8.36. The summed E-state index contributed by atoms with van der Waals surface area (Å²) in [4.78, 5) is 1.45. The van der Waals surface area contributed by atoms with E-state index in [1.54, 1.807) is 0 Å². The van der Waals surface area contributed by atoms with Crippen LogP contribution in [0.1, 0.15) is 23.4 Å². The Hall–Kier alpha value is -1.16. The summed E-state index contributed by atoms with van der Waals surface area (Å²) in [6.07, 6.45) is 1.08. The van der Waals surface area contributed by atoms with E-state index in [0.717, 1.165) is 13.0 Å². The Labute approximate surface area is 121 Å². The number of fused-ring (bicyclic) bond motifs is 1. The van der Waals surface area contributed by atoms with Gasteiger partial charge in [0.2, 0.25) is 0 Å². The second-order valence-electron chi connectivity index (χ2n) is 4.58. The van der Waals surface area contributed by atoms with E-state index in [1.807, 2.05) is 22.7 Å². The number of thiophene rings is 2. The summed E-state index contributed by atoms with van der Waals surface area (Å²) in [5, 5.41) is 9.49. The van der Waals surface area contributed by atoms with Crippen LogP contribution in [0.25, 0.3) is 10.1 Å². The van der Waals surface area contributed by atoms with Crippen molar-refractivity contribution >= 4 is 32.8 Å². The molecule has 2 heterocycles. The van der Waals surface area contributed by atoms with E-state index in [4.69, 9.17) is 0 Å². The van der Waals surface area contributed by atoms with Gasteiger partial charge in [-0.2, -0.15) is 0 Å².